The SMILES string of the molecule is CS(=O)(=O)N1CCN(c2nc(Nc3ccc4c(c3)CC(=O)N4)ncc2C(F)(F)F)CC1. The number of benzene rings is 1. The number of sulfonamides is 1. The van der Waals surface area contributed by atoms with Crippen molar-refractivity contribution in [1.29, 1.82) is 0 Å². The zero-order chi connectivity index (χ0) is 22.4. The van der Waals surface area contributed by atoms with Gasteiger partial charge in [0.05, 0.1) is 12.7 Å². The van der Waals surface area contributed by atoms with Gasteiger partial charge in [0.25, 0.3) is 0 Å². The van der Waals surface area contributed by atoms with Crippen LogP contribution in [0.1, 0.15) is 11.1 Å². The predicted octanol–water partition coefficient (Wildman–Crippen LogP) is 1.82. The lowest BCUT2D eigenvalue weighted by Crippen LogP contribution is -2.49. The second kappa shape index (κ2) is 7.64. The van der Waals surface area contributed by atoms with Crippen LogP contribution in [0.15, 0.2) is 24.4 Å². The molecule has 0 atom stereocenters. The van der Waals surface area contributed by atoms with Crippen LogP contribution in [0.4, 0.5) is 36.3 Å². The molecule has 3 heterocycles. The summed E-state index contributed by atoms with van der Waals surface area (Å²) < 4.78 is 65.2. The first kappa shape index (κ1) is 21.3. The Balaban J connectivity index is 1.60. The number of nitrogens with zero attached hydrogens (tertiary/aromatic N) is 4. The zero-order valence-electron chi connectivity index (χ0n) is 16.4. The highest BCUT2D eigenvalue weighted by atomic mass is 32.2. The second-order valence-electron chi connectivity index (χ2n) is 7.30. The van der Waals surface area contributed by atoms with Crippen molar-refractivity contribution in [2.45, 2.75) is 12.6 Å². The fraction of sp³-hybridized carbons (Fsp3) is 0.389. The maximum Gasteiger partial charge on any atom is 0.421 e. The summed E-state index contributed by atoms with van der Waals surface area (Å²) in [4.78, 5) is 20.8. The number of rotatable bonds is 4. The number of carbonyl (C=O) groups is 1. The first-order valence-corrected chi connectivity index (χ1v) is 11.2. The first-order chi connectivity index (χ1) is 14.5. The monoisotopic (exact) mass is 456 g/mol. The van der Waals surface area contributed by atoms with E-state index < -0.39 is 21.8 Å². The van der Waals surface area contributed by atoms with E-state index in [0.717, 1.165) is 11.8 Å². The first-order valence-electron chi connectivity index (χ1n) is 9.35. The van der Waals surface area contributed by atoms with Crippen molar-refractivity contribution in [3.05, 3.63) is 35.5 Å². The Kier molecular flexibility index (Phi) is 5.25. The van der Waals surface area contributed by atoms with Crippen molar-refractivity contribution in [3.63, 3.8) is 0 Å². The number of hydrogen-bond donors (Lipinski definition) is 2. The highest BCUT2D eigenvalue weighted by Gasteiger charge is 2.38. The van der Waals surface area contributed by atoms with Crippen molar-refractivity contribution in [2.75, 3.05) is 48.0 Å². The number of fused-ring (bicyclic) bond motifs is 1. The molecule has 1 fully saturated rings. The minimum absolute atomic E-state index is 0.0363. The summed E-state index contributed by atoms with van der Waals surface area (Å²) in [7, 11) is -3.42. The van der Waals surface area contributed by atoms with Crippen LogP contribution in [0.25, 0.3) is 0 Å². The van der Waals surface area contributed by atoms with Crippen LogP contribution in [-0.2, 0) is 27.4 Å². The normalized spacial score (nSPS) is 17.4. The van der Waals surface area contributed by atoms with Crippen LogP contribution in [0.3, 0.4) is 0 Å². The van der Waals surface area contributed by atoms with E-state index in [1.807, 2.05) is 0 Å². The molecule has 1 saturated heterocycles. The number of hydrogen-bond acceptors (Lipinski definition) is 7. The molecule has 0 radical (unpaired) electrons. The topological polar surface area (TPSA) is 108 Å². The van der Waals surface area contributed by atoms with Crippen LogP contribution in [0.2, 0.25) is 0 Å². The molecule has 166 valence electrons. The number of aromatic nitrogens is 2. The molecule has 9 nitrogen and oxygen atoms in total. The molecule has 2 N–H and O–H groups in total. The smallest absolute Gasteiger partial charge is 0.353 e. The van der Waals surface area contributed by atoms with E-state index in [9.17, 15) is 26.4 Å². The van der Waals surface area contributed by atoms with Gasteiger partial charge in [-0.3, -0.25) is 4.79 Å². The fourth-order valence-electron chi connectivity index (χ4n) is 3.54. The molecule has 2 aromatic rings. The zero-order valence-corrected chi connectivity index (χ0v) is 17.2. The lowest BCUT2D eigenvalue weighted by Gasteiger charge is -2.35. The standard InChI is InChI=1S/C18H19F3N6O3S/c1-31(29,30)27-6-4-26(5-7-27)16-13(18(19,20)21)10-22-17(25-16)23-12-2-3-14-11(8-12)9-15(28)24-14/h2-3,8,10H,4-7,9H2,1H3,(H,24,28)(H,22,23,25). The molecule has 4 rings (SSSR count). The summed E-state index contributed by atoms with van der Waals surface area (Å²) in [5.41, 5.74) is 0.991. The van der Waals surface area contributed by atoms with Crippen LogP contribution in [0.5, 0.6) is 0 Å². The van der Waals surface area contributed by atoms with Gasteiger partial charge in [-0.1, -0.05) is 0 Å². The van der Waals surface area contributed by atoms with E-state index in [2.05, 4.69) is 20.6 Å². The third kappa shape index (κ3) is 4.56. The minimum Gasteiger partial charge on any atom is -0.353 e. The quantitative estimate of drug-likeness (QED) is 0.723. The Morgan fingerprint density at radius 2 is 1.87 bits per heavy atom. The average molecular weight is 456 g/mol. The van der Waals surface area contributed by atoms with Gasteiger partial charge in [-0.25, -0.2) is 13.4 Å². The van der Waals surface area contributed by atoms with Crippen molar-refractivity contribution in [1.82, 2.24) is 14.3 Å². The molecule has 1 aromatic carbocycles. The molecule has 31 heavy (non-hydrogen) atoms. The van der Waals surface area contributed by atoms with E-state index in [0.29, 0.717) is 17.6 Å². The molecule has 2 aliphatic rings. The van der Waals surface area contributed by atoms with Crippen LogP contribution < -0.4 is 15.5 Å². The number of piperazine rings is 1. The molecular formula is C18H19F3N6O3S. The molecule has 0 unspecified atom stereocenters. The lowest BCUT2D eigenvalue weighted by molar-refractivity contribution is -0.137. The second-order valence-corrected chi connectivity index (χ2v) is 9.28. The van der Waals surface area contributed by atoms with Gasteiger partial charge in [-0.2, -0.15) is 22.5 Å². The summed E-state index contributed by atoms with van der Waals surface area (Å²) in [5.74, 6) is -0.476. The van der Waals surface area contributed by atoms with E-state index in [1.54, 1.807) is 18.2 Å². The summed E-state index contributed by atoms with van der Waals surface area (Å²) >= 11 is 0. The largest absolute Gasteiger partial charge is 0.421 e. The molecule has 0 spiro atoms. The maximum absolute atomic E-state index is 13.5. The van der Waals surface area contributed by atoms with E-state index in [1.165, 1.54) is 9.21 Å². The van der Waals surface area contributed by atoms with Gasteiger partial charge >= 0.3 is 6.18 Å². The minimum atomic E-state index is -4.67. The number of anilines is 4. The van der Waals surface area contributed by atoms with Gasteiger partial charge in [-0.05, 0) is 23.8 Å². The van der Waals surface area contributed by atoms with Crippen molar-refractivity contribution in [3.8, 4) is 0 Å². The van der Waals surface area contributed by atoms with Crippen LogP contribution >= 0.6 is 0 Å². The van der Waals surface area contributed by atoms with E-state index in [-0.39, 0.29) is 50.3 Å². The summed E-state index contributed by atoms with van der Waals surface area (Å²) in [6.45, 7) is 0.266. The van der Waals surface area contributed by atoms with Gasteiger partial charge in [0.2, 0.25) is 21.9 Å². The highest BCUT2D eigenvalue weighted by Crippen LogP contribution is 2.36. The Bertz CT molecular complexity index is 1130. The lowest BCUT2D eigenvalue weighted by atomic mass is 10.1. The predicted molar refractivity (Wildman–Crippen MR) is 108 cm³/mol. The summed E-state index contributed by atoms with van der Waals surface area (Å²) in [6, 6.07) is 5.06. The van der Waals surface area contributed by atoms with Gasteiger partial charge in [0, 0.05) is 43.8 Å². The number of halogens is 3. The highest BCUT2D eigenvalue weighted by molar-refractivity contribution is 7.88. The maximum atomic E-state index is 13.5. The Morgan fingerprint density at radius 1 is 1.16 bits per heavy atom. The van der Waals surface area contributed by atoms with Crippen molar-refractivity contribution < 1.29 is 26.4 Å². The molecule has 13 heteroatoms. The molecular weight excluding hydrogens is 437 g/mol. The van der Waals surface area contributed by atoms with Gasteiger partial charge in [-0.15, -0.1) is 0 Å². The summed E-state index contributed by atoms with van der Waals surface area (Å²) in [5, 5.41) is 5.58. The van der Waals surface area contributed by atoms with Gasteiger partial charge < -0.3 is 15.5 Å². The van der Waals surface area contributed by atoms with Gasteiger partial charge in [0.15, 0.2) is 0 Å². The third-order valence-corrected chi connectivity index (χ3v) is 6.37. The summed E-state index contributed by atoms with van der Waals surface area (Å²) in [6.07, 6.45) is -2.67. The van der Waals surface area contributed by atoms with Gasteiger partial charge in [0.1, 0.15) is 11.4 Å². The molecule has 0 saturated carbocycles. The van der Waals surface area contributed by atoms with Crippen LogP contribution in [-0.4, -0.2) is 61.0 Å². The Labute approximate surface area is 176 Å². The Morgan fingerprint density at radius 3 is 2.52 bits per heavy atom. The number of nitrogens with one attached hydrogen (secondary N) is 2. The number of carbonyl (C=O) groups excluding carboxylic acids is 1. The average Bonchev–Trinajstić information content (AvgIpc) is 3.06. The molecule has 0 bridgehead atoms. The van der Waals surface area contributed by atoms with Crippen LogP contribution in [0, 0.1) is 0 Å². The Hall–Kier alpha value is -2.93. The van der Waals surface area contributed by atoms with E-state index in [4.69, 9.17) is 0 Å². The van der Waals surface area contributed by atoms with Crippen molar-refractivity contribution >= 4 is 39.1 Å². The molecule has 1 aromatic heterocycles. The molecule has 1 amide bonds. The third-order valence-electron chi connectivity index (χ3n) is 5.07. The van der Waals surface area contributed by atoms with Crippen molar-refractivity contribution in [2.24, 2.45) is 0 Å². The number of amides is 1. The molecule has 2 aliphatic heterocycles. The van der Waals surface area contributed by atoms with E-state index >= 15 is 0 Å². The molecule has 0 aliphatic carbocycles. The number of alkyl halides is 3. The fourth-order valence-corrected chi connectivity index (χ4v) is 4.37.